The van der Waals surface area contributed by atoms with Gasteiger partial charge in [0.2, 0.25) is 11.8 Å². The number of alkyl halides is 3. The fourth-order valence-corrected chi connectivity index (χ4v) is 3.51. The number of aromatic nitrogens is 2. The van der Waals surface area contributed by atoms with Gasteiger partial charge in [-0.3, -0.25) is 9.59 Å². The number of carbonyl (C=O) groups excluding carboxylic acids is 2. The molecule has 2 aromatic rings. The maximum Gasteiger partial charge on any atom is 0.416 e. The molecule has 29 heavy (non-hydrogen) atoms. The average Bonchev–Trinajstić information content (AvgIpc) is 3.29. The fourth-order valence-electron chi connectivity index (χ4n) is 3.31. The summed E-state index contributed by atoms with van der Waals surface area (Å²) in [4.78, 5) is 24.3. The normalized spacial score (nSPS) is 14.8. The molecule has 2 N–H and O–H groups in total. The molecule has 10 heteroatoms. The second kappa shape index (κ2) is 8.44. The topological polar surface area (TPSA) is 76.0 Å². The summed E-state index contributed by atoms with van der Waals surface area (Å²) in [6.45, 7) is 1.39. The second-order valence-corrected chi connectivity index (χ2v) is 7.40. The minimum Gasteiger partial charge on any atom is -0.347 e. The first kappa shape index (κ1) is 21.2. The van der Waals surface area contributed by atoms with Crippen molar-refractivity contribution in [2.75, 3.05) is 11.9 Å². The zero-order chi connectivity index (χ0) is 21.2. The molecule has 1 aromatic heterocycles. The summed E-state index contributed by atoms with van der Waals surface area (Å²) in [7, 11) is 0. The van der Waals surface area contributed by atoms with E-state index >= 15 is 0 Å². The monoisotopic (exact) mass is 428 g/mol. The number of benzene rings is 1. The zero-order valence-electron chi connectivity index (χ0n) is 15.6. The fraction of sp³-hybridized carbons (Fsp3) is 0.421. The molecular formula is C19H20ClF3N4O2. The van der Waals surface area contributed by atoms with Gasteiger partial charge in [0.25, 0.3) is 0 Å². The lowest BCUT2D eigenvalue weighted by atomic mass is 10.1. The molecule has 1 aliphatic rings. The number of amides is 2. The Morgan fingerprint density at radius 2 is 1.93 bits per heavy atom. The third-order valence-electron chi connectivity index (χ3n) is 4.75. The van der Waals surface area contributed by atoms with Gasteiger partial charge in [0.05, 0.1) is 28.5 Å². The van der Waals surface area contributed by atoms with Crippen molar-refractivity contribution in [2.45, 2.75) is 38.8 Å². The molecule has 6 nitrogen and oxygen atoms in total. The molecule has 1 heterocycles. The average molecular weight is 429 g/mol. The summed E-state index contributed by atoms with van der Waals surface area (Å²) in [5, 5.41) is 9.35. The van der Waals surface area contributed by atoms with E-state index in [-0.39, 0.29) is 34.9 Å². The van der Waals surface area contributed by atoms with Crippen LogP contribution < -0.4 is 10.6 Å². The van der Waals surface area contributed by atoms with E-state index in [9.17, 15) is 22.8 Å². The largest absolute Gasteiger partial charge is 0.416 e. The molecule has 0 spiro atoms. The SMILES string of the molecule is Cc1cc(NC(=O)CNC(=O)C2CCCC2)n(-c2cc(C(F)(F)F)ccc2Cl)n1. The van der Waals surface area contributed by atoms with Crippen LogP contribution in [0.3, 0.4) is 0 Å². The smallest absolute Gasteiger partial charge is 0.347 e. The van der Waals surface area contributed by atoms with Gasteiger partial charge in [-0.05, 0) is 38.0 Å². The third kappa shape index (κ3) is 5.09. The molecule has 0 saturated heterocycles. The van der Waals surface area contributed by atoms with Crippen LogP contribution in [0.25, 0.3) is 5.69 Å². The molecule has 0 bridgehead atoms. The quantitative estimate of drug-likeness (QED) is 0.752. The maximum absolute atomic E-state index is 13.1. The Labute approximate surface area is 170 Å². The van der Waals surface area contributed by atoms with Crippen molar-refractivity contribution in [3.05, 3.63) is 40.5 Å². The van der Waals surface area contributed by atoms with Crippen LogP contribution in [0, 0.1) is 12.8 Å². The first-order chi connectivity index (χ1) is 13.6. The van der Waals surface area contributed by atoms with E-state index in [2.05, 4.69) is 15.7 Å². The van der Waals surface area contributed by atoms with Gasteiger partial charge < -0.3 is 10.6 Å². The van der Waals surface area contributed by atoms with E-state index in [1.165, 1.54) is 6.07 Å². The van der Waals surface area contributed by atoms with Crippen LogP contribution in [0.1, 0.15) is 36.9 Å². The Hall–Kier alpha value is -2.55. The van der Waals surface area contributed by atoms with E-state index < -0.39 is 17.6 Å². The number of hydrogen-bond acceptors (Lipinski definition) is 3. The van der Waals surface area contributed by atoms with Crippen molar-refractivity contribution >= 4 is 29.2 Å². The van der Waals surface area contributed by atoms with Crippen LogP contribution >= 0.6 is 11.6 Å². The summed E-state index contributed by atoms with van der Waals surface area (Å²) in [5.74, 6) is -0.591. The molecule has 1 saturated carbocycles. The summed E-state index contributed by atoms with van der Waals surface area (Å²) in [6, 6.07) is 4.38. The van der Waals surface area contributed by atoms with Crippen LogP contribution in [-0.4, -0.2) is 28.1 Å². The molecule has 0 atom stereocenters. The number of anilines is 1. The Balaban J connectivity index is 1.75. The Kier molecular flexibility index (Phi) is 6.16. The first-order valence-corrected chi connectivity index (χ1v) is 9.54. The molecule has 1 fully saturated rings. The highest BCUT2D eigenvalue weighted by atomic mass is 35.5. The van der Waals surface area contributed by atoms with E-state index in [0.717, 1.165) is 48.6 Å². The lowest BCUT2D eigenvalue weighted by molar-refractivity contribution is -0.137. The summed E-state index contributed by atoms with van der Waals surface area (Å²) >= 11 is 6.08. The first-order valence-electron chi connectivity index (χ1n) is 9.16. The van der Waals surface area contributed by atoms with Crippen molar-refractivity contribution in [2.24, 2.45) is 5.92 Å². The van der Waals surface area contributed by atoms with Gasteiger partial charge in [0.1, 0.15) is 5.82 Å². The number of rotatable bonds is 5. The Morgan fingerprint density at radius 1 is 1.24 bits per heavy atom. The number of carbonyl (C=O) groups is 2. The number of halogens is 4. The van der Waals surface area contributed by atoms with Crippen LogP contribution in [-0.2, 0) is 15.8 Å². The Morgan fingerprint density at radius 3 is 2.59 bits per heavy atom. The maximum atomic E-state index is 13.1. The molecular weight excluding hydrogens is 409 g/mol. The van der Waals surface area contributed by atoms with Crippen molar-refractivity contribution in [1.29, 1.82) is 0 Å². The highest BCUT2D eigenvalue weighted by Crippen LogP contribution is 2.34. The molecule has 1 aromatic carbocycles. The van der Waals surface area contributed by atoms with Gasteiger partial charge in [-0.2, -0.15) is 18.3 Å². The van der Waals surface area contributed by atoms with Gasteiger partial charge >= 0.3 is 6.18 Å². The zero-order valence-corrected chi connectivity index (χ0v) is 16.4. The van der Waals surface area contributed by atoms with E-state index in [1.807, 2.05) is 0 Å². The van der Waals surface area contributed by atoms with E-state index in [1.54, 1.807) is 6.92 Å². The van der Waals surface area contributed by atoms with E-state index in [4.69, 9.17) is 11.6 Å². The van der Waals surface area contributed by atoms with Gasteiger partial charge in [-0.15, -0.1) is 0 Å². The lowest BCUT2D eigenvalue weighted by Gasteiger charge is -2.14. The number of nitrogens with one attached hydrogen (secondary N) is 2. The molecule has 0 aliphatic heterocycles. The highest BCUT2D eigenvalue weighted by Gasteiger charge is 2.31. The molecule has 0 radical (unpaired) electrons. The van der Waals surface area contributed by atoms with Gasteiger partial charge in [0.15, 0.2) is 0 Å². The van der Waals surface area contributed by atoms with Gasteiger partial charge in [-0.1, -0.05) is 24.4 Å². The van der Waals surface area contributed by atoms with Crippen molar-refractivity contribution in [3.63, 3.8) is 0 Å². The molecule has 1 aliphatic carbocycles. The predicted octanol–water partition coefficient (Wildman–Crippen LogP) is 4.10. The number of aryl methyl sites for hydroxylation is 1. The minimum atomic E-state index is -4.55. The molecule has 156 valence electrons. The van der Waals surface area contributed by atoms with Gasteiger partial charge in [-0.25, -0.2) is 4.68 Å². The van der Waals surface area contributed by atoms with Crippen LogP contribution in [0.4, 0.5) is 19.0 Å². The Bertz CT molecular complexity index is 921. The summed E-state index contributed by atoms with van der Waals surface area (Å²) in [6.07, 6.45) is -0.919. The van der Waals surface area contributed by atoms with Gasteiger partial charge in [0, 0.05) is 12.0 Å². The van der Waals surface area contributed by atoms with Crippen LogP contribution in [0.5, 0.6) is 0 Å². The third-order valence-corrected chi connectivity index (χ3v) is 5.07. The highest BCUT2D eigenvalue weighted by molar-refractivity contribution is 6.32. The van der Waals surface area contributed by atoms with Crippen LogP contribution in [0.15, 0.2) is 24.3 Å². The summed E-state index contributed by atoms with van der Waals surface area (Å²) < 4.78 is 40.3. The lowest BCUT2D eigenvalue weighted by Crippen LogP contribution is -2.36. The van der Waals surface area contributed by atoms with E-state index in [0.29, 0.717) is 5.69 Å². The molecule has 3 rings (SSSR count). The number of nitrogens with zero attached hydrogens (tertiary/aromatic N) is 2. The van der Waals surface area contributed by atoms with Crippen LogP contribution in [0.2, 0.25) is 5.02 Å². The molecule has 2 amide bonds. The van der Waals surface area contributed by atoms with Crippen molar-refractivity contribution in [1.82, 2.24) is 15.1 Å². The van der Waals surface area contributed by atoms with Crippen molar-refractivity contribution in [3.8, 4) is 5.69 Å². The predicted molar refractivity (Wildman–Crippen MR) is 102 cm³/mol. The van der Waals surface area contributed by atoms with Crippen molar-refractivity contribution < 1.29 is 22.8 Å². The second-order valence-electron chi connectivity index (χ2n) is 6.99. The standard InChI is InChI=1S/C19H20ClF3N4O2/c1-11-8-16(25-17(28)10-24-18(29)12-4-2-3-5-12)27(26-11)15-9-13(19(21,22)23)6-7-14(15)20/h6-9,12H,2-5,10H2,1H3,(H,24,29)(H,25,28). The summed E-state index contributed by atoms with van der Waals surface area (Å²) in [5.41, 5.74) is -0.421. The minimum absolute atomic E-state index is 0.0140. The number of hydrogen-bond donors (Lipinski definition) is 2. The molecule has 0 unspecified atom stereocenters.